The lowest BCUT2D eigenvalue weighted by molar-refractivity contribution is -0.123. The summed E-state index contributed by atoms with van der Waals surface area (Å²) >= 11 is 1.67. The minimum absolute atomic E-state index is 0. The molecule has 0 aromatic heterocycles. The number of aryl methyl sites for hydroxylation is 1. The lowest BCUT2D eigenvalue weighted by atomic mass is 10.0. The van der Waals surface area contributed by atoms with Crippen molar-refractivity contribution in [3.63, 3.8) is 0 Å². The number of carbonyl (C=O) groups excluding carboxylic acids is 2. The topological polar surface area (TPSA) is 84.2 Å². The van der Waals surface area contributed by atoms with Crippen molar-refractivity contribution in [2.45, 2.75) is 44.7 Å². The summed E-state index contributed by atoms with van der Waals surface area (Å²) in [5, 5.41) is 6.02. The number of rotatable bonds is 8. The van der Waals surface area contributed by atoms with Gasteiger partial charge in [-0.2, -0.15) is 11.8 Å². The first-order valence-corrected chi connectivity index (χ1v) is 10.3. The van der Waals surface area contributed by atoms with E-state index in [2.05, 4.69) is 10.6 Å². The second-order valence-electron chi connectivity index (χ2n) is 6.72. The zero-order valence-electron chi connectivity index (χ0n) is 15.5. The highest BCUT2D eigenvalue weighted by Crippen LogP contribution is 2.24. The van der Waals surface area contributed by atoms with E-state index in [1.165, 1.54) is 0 Å². The molecule has 3 atom stereocenters. The molecule has 0 aliphatic heterocycles. The minimum atomic E-state index is -0.514. The van der Waals surface area contributed by atoms with E-state index in [4.69, 9.17) is 5.73 Å². The van der Waals surface area contributed by atoms with Crippen LogP contribution < -0.4 is 16.4 Å². The van der Waals surface area contributed by atoms with E-state index in [-0.39, 0.29) is 30.3 Å². The van der Waals surface area contributed by atoms with Gasteiger partial charge in [-0.15, -0.1) is 12.4 Å². The van der Waals surface area contributed by atoms with Gasteiger partial charge in [-0.1, -0.05) is 24.1 Å². The number of nitrogens with two attached hydrogens (primary N) is 1. The molecular formula is C19H30ClN3O2S. The van der Waals surface area contributed by atoms with E-state index in [1.54, 1.807) is 17.8 Å². The van der Waals surface area contributed by atoms with Crippen molar-refractivity contribution in [1.82, 2.24) is 10.6 Å². The first-order valence-electron chi connectivity index (χ1n) is 8.92. The Hall–Kier alpha value is -1.24. The third-order valence-electron chi connectivity index (χ3n) is 4.80. The molecule has 1 aliphatic rings. The van der Waals surface area contributed by atoms with Crippen LogP contribution in [0.4, 0.5) is 0 Å². The third-order valence-corrected chi connectivity index (χ3v) is 5.45. The largest absolute Gasteiger partial charge is 0.351 e. The molecule has 7 heteroatoms. The molecule has 1 aliphatic carbocycles. The van der Waals surface area contributed by atoms with Gasteiger partial charge in [-0.3, -0.25) is 9.59 Å². The van der Waals surface area contributed by atoms with Gasteiger partial charge >= 0.3 is 0 Å². The fourth-order valence-electron chi connectivity index (χ4n) is 3.32. The summed E-state index contributed by atoms with van der Waals surface area (Å²) in [7, 11) is 0. The molecule has 26 heavy (non-hydrogen) atoms. The zero-order chi connectivity index (χ0) is 18.2. The van der Waals surface area contributed by atoms with Crippen molar-refractivity contribution in [3.05, 3.63) is 35.4 Å². The molecule has 0 bridgehead atoms. The van der Waals surface area contributed by atoms with Crippen molar-refractivity contribution in [1.29, 1.82) is 0 Å². The maximum Gasteiger partial charge on any atom is 0.251 e. The summed E-state index contributed by atoms with van der Waals surface area (Å²) in [6, 6.07) is 7.02. The van der Waals surface area contributed by atoms with Gasteiger partial charge in [0.1, 0.15) is 6.04 Å². The molecule has 146 valence electrons. The maximum absolute atomic E-state index is 12.7. The molecule has 1 aromatic carbocycles. The van der Waals surface area contributed by atoms with Gasteiger partial charge in [-0.25, -0.2) is 0 Å². The Labute approximate surface area is 166 Å². The summed E-state index contributed by atoms with van der Waals surface area (Å²) in [5.74, 6) is 0.863. The minimum Gasteiger partial charge on any atom is -0.351 e. The van der Waals surface area contributed by atoms with Crippen LogP contribution in [0.2, 0.25) is 0 Å². The van der Waals surface area contributed by atoms with Crippen LogP contribution in [-0.4, -0.2) is 42.5 Å². The average molecular weight is 400 g/mol. The molecule has 0 heterocycles. The van der Waals surface area contributed by atoms with Crippen LogP contribution in [0, 0.1) is 12.8 Å². The van der Waals surface area contributed by atoms with Crippen LogP contribution in [0.15, 0.2) is 24.3 Å². The third kappa shape index (κ3) is 6.49. The zero-order valence-corrected chi connectivity index (χ0v) is 17.1. The molecule has 1 fully saturated rings. The van der Waals surface area contributed by atoms with E-state index in [1.807, 2.05) is 31.4 Å². The van der Waals surface area contributed by atoms with Gasteiger partial charge < -0.3 is 16.4 Å². The second-order valence-corrected chi connectivity index (χ2v) is 7.70. The lowest BCUT2D eigenvalue weighted by Gasteiger charge is -2.24. The molecule has 0 spiro atoms. The van der Waals surface area contributed by atoms with Crippen LogP contribution in [0.3, 0.4) is 0 Å². The second kappa shape index (κ2) is 11.5. The molecule has 0 saturated heterocycles. The SMILES string of the molecule is CSCCC(NC(=O)c1cccc(C)c1)C(=O)NC1CCCC1CN.Cl. The van der Waals surface area contributed by atoms with Gasteiger partial charge in [0.15, 0.2) is 0 Å². The van der Waals surface area contributed by atoms with Crippen LogP contribution in [0.1, 0.15) is 41.6 Å². The molecule has 5 nitrogen and oxygen atoms in total. The monoisotopic (exact) mass is 399 g/mol. The standard InChI is InChI=1S/C19H29N3O2S.ClH/c1-13-5-3-6-14(11-13)18(23)22-17(9-10-25-2)19(24)21-16-8-4-7-15(16)12-20;/h3,5-6,11,15-17H,4,7-10,12,20H2,1-2H3,(H,21,24)(H,22,23);1H. The Morgan fingerprint density at radius 1 is 1.35 bits per heavy atom. The van der Waals surface area contributed by atoms with Crippen LogP contribution in [0.5, 0.6) is 0 Å². The van der Waals surface area contributed by atoms with Crippen molar-refractivity contribution in [2.24, 2.45) is 11.7 Å². The highest BCUT2D eigenvalue weighted by atomic mass is 35.5. The van der Waals surface area contributed by atoms with Crippen molar-refractivity contribution in [2.75, 3.05) is 18.6 Å². The Morgan fingerprint density at radius 2 is 2.12 bits per heavy atom. The summed E-state index contributed by atoms with van der Waals surface area (Å²) in [6.07, 6.45) is 5.74. The van der Waals surface area contributed by atoms with Crippen molar-refractivity contribution < 1.29 is 9.59 Å². The Kier molecular flexibility index (Phi) is 10.1. The number of halogens is 1. The van der Waals surface area contributed by atoms with Gasteiger partial charge in [0.2, 0.25) is 5.91 Å². The maximum atomic E-state index is 12.7. The highest BCUT2D eigenvalue weighted by Gasteiger charge is 2.30. The number of benzene rings is 1. The van der Waals surface area contributed by atoms with Crippen LogP contribution >= 0.6 is 24.2 Å². The molecule has 2 rings (SSSR count). The molecular weight excluding hydrogens is 370 g/mol. The normalized spacial score (nSPS) is 20.1. The number of thioether (sulfide) groups is 1. The van der Waals surface area contributed by atoms with E-state index >= 15 is 0 Å². The van der Waals surface area contributed by atoms with Gasteiger partial charge in [0.05, 0.1) is 0 Å². The predicted octanol–water partition coefficient (Wildman–Crippen LogP) is 2.51. The van der Waals surface area contributed by atoms with Crippen molar-refractivity contribution in [3.8, 4) is 0 Å². The highest BCUT2D eigenvalue weighted by molar-refractivity contribution is 7.98. The smallest absolute Gasteiger partial charge is 0.251 e. The number of carbonyl (C=O) groups is 2. The van der Waals surface area contributed by atoms with Crippen LogP contribution in [-0.2, 0) is 4.79 Å². The van der Waals surface area contributed by atoms with E-state index in [9.17, 15) is 9.59 Å². The summed E-state index contributed by atoms with van der Waals surface area (Å²) in [5.41, 5.74) is 7.41. The number of nitrogens with one attached hydrogen (secondary N) is 2. The molecule has 2 amide bonds. The fraction of sp³-hybridized carbons (Fsp3) is 0.579. The van der Waals surface area contributed by atoms with E-state index in [0.717, 1.165) is 30.6 Å². The van der Waals surface area contributed by atoms with Gasteiger partial charge in [0.25, 0.3) is 5.91 Å². The van der Waals surface area contributed by atoms with Gasteiger partial charge in [0, 0.05) is 11.6 Å². The van der Waals surface area contributed by atoms with Crippen LogP contribution in [0.25, 0.3) is 0 Å². The quantitative estimate of drug-likeness (QED) is 0.627. The first kappa shape index (κ1) is 22.8. The Balaban J connectivity index is 0.00000338. The average Bonchev–Trinajstić information content (AvgIpc) is 3.05. The molecule has 1 aromatic rings. The fourth-order valence-corrected chi connectivity index (χ4v) is 3.80. The number of hydrogen-bond donors (Lipinski definition) is 3. The predicted molar refractivity (Wildman–Crippen MR) is 111 cm³/mol. The summed E-state index contributed by atoms with van der Waals surface area (Å²) in [4.78, 5) is 25.2. The first-order chi connectivity index (χ1) is 12.0. The van der Waals surface area contributed by atoms with E-state index < -0.39 is 6.04 Å². The van der Waals surface area contributed by atoms with Crippen molar-refractivity contribution >= 4 is 36.0 Å². The summed E-state index contributed by atoms with van der Waals surface area (Å²) in [6.45, 7) is 2.54. The molecule has 3 unspecified atom stereocenters. The molecule has 1 saturated carbocycles. The molecule has 0 radical (unpaired) electrons. The lowest BCUT2D eigenvalue weighted by Crippen LogP contribution is -2.51. The molecule has 4 N–H and O–H groups in total. The Morgan fingerprint density at radius 3 is 2.77 bits per heavy atom. The van der Waals surface area contributed by atoms with E-state index in [0.29, 0.717) is 24.4 Å². The number of hydrogen-bond acceptors (Lipinski definition) is 4. The van der Waals surface area contributed by atoms with Gasteiger partial charge in [-0.05, 0) is 62.8 Å². The Bertz CT molecular complexity index is 600. The summed E-state index contributed by atoms with van der Waals surface area (Å²) < 4.78 is 0. The number of amides is 2.